The molecule has 1 aliphatic heterocycles. The maximum absolute atomic E-state index is 2.65. The molecule has 0 radical (unpaired) electrons. The molecular weight excluding hydrogens is 574 g/mol. The second kappa shape index (κ2) is 9.88. The van der Waals surface area contributed by atoms with Crippen molar-refractivity contribution in [1.29, 1.82) is 0 Å². The van der Waals surface area contributed by atoms with Gasteiger partial charge in [0, 0.05) is 0 Å². The van der Waals surface area contributed by atoms with Gasteiger partial charge in [0.25, 0.3) is 0 Å². The van der Waals surface area contributed by atoms with E-state index in [0.29, 0.717) is 0 Å². The van der Waals surface area contributed by atoms with Crippen LogP contribution in [0.15, 0.2) is 59.7 Å². The number of fused-ring (bicyclic) bond motifs is 2. The SMILES string of the molecule is CCCC1=Cc2ccccc2[CH]1[Hf]1([CH]2C(CCC)=Cc3ccccc32)[CH2]C[CH2]1.Cl.Cl. The van der Waals surface area contributed by atoms with Gasteiger partial charge in [-0.2, -0.15) is 0 Å². The molecule has 0 saturated carbocycles. The van der Waals surface area contributed by atoms with E-state index in [2.05, 4.69) is 74.5 Å². The Balaban J connectivity index is 0.00000128. The zero-order valence-corrected chi connectivity index (χ0v) is 23.4. The Morgan fingerprint density at radius 3 is 1.50 bits per heavy atom. The summed E-state index contributed by atoms with van der Waals surface area (Å²) in [4.78, 5) is 0. The molecule has 1 heterocycles. The minimum absolute atomic E-state index is 0. The smallest absolute Gasteiger partial charge is 0.147 e. The van der Waals surface area contributed by atoms with Crippen LogP contribution in [0, 0.1) is 0 Å². The number of halogens is 2. The van der Waals surface area contributed by atoms with Gasteiger partial charge in [-0.05, 0) is 0 Å². The van der Waals surface area contributed by atoms with Crippen LogP contribution >= 0.6 is 24.8 Å². The first-order chi connectivity index (χ1) is 13.8. The van der Waals surface area contributed by atoms with Gasteiger partial charge in [0.05, 0.1) is 0 Å². The average molecular weight is 608 g/mol. The van der Waals surface area contributed by atoms with Crippen LogP contribution in [0.2, 0.25) is 8.35 Å². The Morgan fingerprint density at radius 1 is 0.700 bits per heavy atom. The summed E-state index contributed by atoms with van der Waals surface area (Å²) < 4.78 is 4.84. The van der Waals surface area contributed by atoms with Crippen LogP contribution in [0.5, 0.6) is 0 Å². The summed E-state index contributed by atoms with van der Waals surface area (Å²) in [6.07, 6.45) is 11.8. The van der Waals surface area contributed by atoms with Crippen molar-refractivity contribution in [2.45, 2.75) is 61.7 Å². The first-order valence-corrected chi connectivity index (χ1v) is 20.6. The summed E-state index contributed by atoms with van der Waals surface area (Å²) in [5.41, 5.74) is 10.1. The zero-order valence-electron chi connectivity index (χ0n) is 18.2. The van der Waals surface area contributed by atoms with Crippen molar-refractivity contribution < 1.29 is 20.0 Å². The van der Waals surface area contributed by atoms with E-state index < -0.39 is 20.0 Å². The Hall–Kier alpha value is -0.630. The fourth-order valence-electron chi connectivity index (χ4n) is 6.47. The maximum atomic E-state index is 2.59. The van der Waals surface area contributed by atoms with Gasteiger partial charge in [0.15, 0.2) is 0 Å². The molecule has 0 N–H and O–H groups in total. The van der Waals surface area contributed by atoms with Crippen molar-refractivity contribution in [3.05, 3.63) is 81.9 Å². The molecule has 2 unspecified atom stereocenters. The molecule has 0 amide bonds. The van der Waals surface area contributed by atoms with E-state index in [1.165, 1.54) is 43.2 Å². The van der Waals surface area contributed by atoms with Crippen LogP contribution in [-0.2, 0) is 20.0 Å². The van der Waals surface area contributed by atoms with E-state index in [1.807, 2.05) is 0 Å². The first-order valence-electron chi connectivity index (χ1n) is 11.4. The summed E-state index contributed by atoms with van der Waals surface area (Å²) in [7, 11) is 0. The van der Waals surface area contributed by atoms with Crippen LogP contribution in [-0.4, -0.2) is 0 Å². The quantitative estimate of drug-likeness (QED) is 0.287. The average Bonchev–Trinajstić information content (AvgIpc) is 3.22. The molecular formula is C27H34Cl2Hf. The molecule has 2 aromatic carbocycles. The van der Waals surface area contributed by atoms with E-state index in [4.69, 9.17) is 0 Å². The van der Waals surface area contributed by atoms with E-state index in [1.54, 1.807) is 30.6 Å². The van der Waals surface area contributed by atoms with Crippen LogP contribution < -0.4 is 0 Å². The van der Waals surface area contributed by atoms with Crippen LogP contribution in [0.3, 0.4) is 0 Å². The minimum Gasteiger partial charge on any atom is -0.147 e. The summed E-state index contributed by atoms with van der Waals surface area (Å²) in [5, 5.41) is 0. The molecule has 30 heavy (non-hydrogen) atoms. The maximum Gasteiger partial charge on any atom is -0.147 e. The molecule has 0 aromatic heterocycles. The van der Waals surface area contributed by atoms with Gasteiger partial charge in [-0.3, -0.25) is 0 Å². The van der Waals surface area contributed by atoms with Crippen molar-refractivity contribution in [3.63, 3.8) is 0 Å². The molecule has 3 heteroatoms. The van der Waals surface area contributed by atoms with Gasteiger partial charge < -0.3 is 0 Å². The Morgan fingerprint density at radius 2 is 1.13 bits per heavy atom. The second-order valence-corrected chi connectivity index (χ2v) is 25.8. The van der Waals surface area contributed by atoms with Crippen molar-refractivity contribution in [1.82, 2.24) is 0 Å². The van der Waals surface area contributed by atoms with Crippen LogP contribution in [0.25, 0.3) is 12.2 Å². The molecule has 0 spiro atoms. The largest absolute Gasteiger partial charge is 0.147 e. The van der Waals surface area contributed by atoms with E-state index in [0.717, 1.165) is 7.35 Å². The predicted octanol–water partition coefficient (Wildman–Crippen LogP) is 9.10. The second-order valence-electron chi connectivity index (χ2n) is 9.15. The molecule has 3 aliphatic rings. The number of hydrogen-bond donors (Lipinski definition) is 0. The van der Waals surface area contributed by atoms with Gasteiger partial charge in [-0.15, -0.1) is 24.8 Å². The molecule has 0 nitrogen and oxygen atoms in total. The summed E-state index contributed by atoms with van der Waals surface area (Å²) >= 11 is -2.65. The van der Waals surface area contributed by atoms with Crippen LogP contribution in [0.4, 0.5) is 0 Å². The number of benzene rings is 2. The van der Waals surface area contributed by atoms with E-state index >= 15 is 0 Å². The van der Waals surface area contributed by atoms with Gasteiger partial charge in [0.1, 0.15) is 0 Å². The fourth-order valence-corrected chi connectivity index (χ4v) is 29.3. The molecule has 1 fully saturated rings. The molecule has 160 valence electrons. The number of rotatable bonds is 6. The Labute approximate surface area is 199 Å². The van der Waals surface area contributed by atoms with Crippen molar-refractivity contribution in [3.8, 4) is 0 Å². The van der Waals surface area contributed by atoms with Gasteiger partial charge in [-0.25, -0.2) is 0 Å². The summed E-state index contributed by atoms with van der Waals surface area (Å²) in [5.74, 6) is 0. The number of allylic oxidation sites excluding steroid dienone is 2. The van der Waals surface area contributed by atoms with E-state index in [9.17, 15) is 0 Å². The molecule has 0 bridgehead atoms. The predicted molar refractivity (Wildman–Crippen MR) is 133 cm³/mol. The number of hydrogen-bond acceptors (Lipinski definition) is 0. The normalized spacial score (nSPS) is 22.6. The van der Waals surface area contributed by atoms with Gasteiger partial charge >= 0.3 is 176 Å². The Kier molecular flexibility index (Phi) is 7.91. The van der Waals surface area contributed by atoms with Crippen molar-refractivity contribution >= 4 is 37.0 Å². The monoisotopic (exact) mass is 608 g/mol. The third kappa shape index (κ3) is 3.74. The van der Waals surface area contributed by atoms with Gasteiger partial charge in [-0.1, -0.05) is 0 Å². The molecule has 2 aromatic rings. The zero-order chi connectivity index (χ0) is 19.1. The summed E-state index contributed by atoms with van der Waals surface area (Å²) in [6.45, 7) is 4.72. The molecule has 2 aliphatic carbocycles. The molecule has 1 saturated heterocycles. The third-order valence-corrected chi connectivity index (χ3v) is 29.9. The molecule has 5 rings (SSSR count). The fraction of sp³-hybridized carbons (Fsp3) is 0.407. The van der Waals surface area contributed by atoms with Crippen molar-refractivity contribution in [2.24, 2.45) is 0 Å². The topological polar surface area (TPSA) is 0 Å². The van der Waals surface area contributed by atoms with Crippen molar-refractivity contribution in [2.75, 3.05) is 0 Å². The third-order valence-electron chi connectivity index (χ3n) is 7.55. The van der Waals surface area contributed by atoms with Crippen LogP contribution in [0.1, 0.15) is 75.6 Å². The minimum atomic E-state index is -2.65. The summed E-state index contributed by atoms with van der Waals surface area (Å²) in [6, 6.07) is 18.7. The first kappa shape index (κ1) is 24.0. The van der Waals surface area contributed by atoms with E-state index in [-0.39, 0.29) is 24.8 Å². The Bertz CT molecular complexity index is 881. The molecule has 2 atom stereocenters. The van der Waals surface area contributed by atoms with Gasteiger partial charge in [0.2, 0.25) is 0 Å². The standard InChI is InChI=1S/2C12H13.C3H6.2ClH.Hf/c2*1-2-5-10-8-11-6-3-4-7-12(11)9-10;1-3-2;;;/h2*3-4,6-9H,2,5H2,1H3;1-3H2;2*1H;.